The average Bonchev–Trinajstić information content (AvgIpc) is 2.80. The van der Waals surface area contributed by atoms with Crippen LogP contribution in [0.15, 0.2) is 71.6 Å². The fraction of sp³-hybridized carbons (Fsp3) is 0.174. The van der Waals surface area contributed by atoms with Crippen molar-refractivity contribution in [1.82, 2.24) is 4.72 Å². The third-order valence-corrected chi connectivity index (χ3v) is 6.85. The molecule has 0 aliphatic heterocycles. The lowest BCUT2D eigenvalue weighted by molar-refractivity contribution is -0.385. The molecule has 0 fully saturated rings. The van der Waals surface area contributed by atoms with Gasteiger partial charge in [0, 0.05) is 6.07 Å². The van der Waals surface area contributed by atoms with Crippen LogP contribution in [0.2, 0.25) is 5.02 Å². The Morgan fingerprint density at radius 2 is 1.82 bits per heavy atom. The number of nitrogens with one attached hydrogen (secondary N) is 2. The summed E-state index contributed by atoms with van der Waals surface area (Å²) in [7, 11) is -2.75. The Bertz CT molecular complexity index is 1320. The van der Waals surface area contributed by atoms with Crippen LogP contribution in [0.5, 0.6) is 5.75 Å². The zero-order chi connectivity index (χ0) is 24.9. The first kappa shape index (κ1) is 25.2. The van der Waals surface area contributed by atoms with E-state index >= 15 is 0 Å². The number of nitrogens with zero attached hydrogens (tertiary/aromatic N) is 1. The van der Waals surface area contributed by atoms with Crippen molar-refractivity contribution in [3.8, 4) is 5.75 Å². The normalized spacial score (nSPS) is 12.1. The van der Waals surface area contributed by atoms with Gasteiger partial charge in [0.25, 0.3) is 5.69 Å². The summed E-state index contributed by atoms with van der Waals surface area (Å²) in [4.78, 5) is 23.7. The van der Waals surface area contributed by atoms with Gasteiger partial charge in [-0.2, -0.15) is 4.72 Å². The number of hydrogen-bond donors (Lipinski definition) is 2. The van der Waals surface area contributed by atoms with E-state index in [1.54, 1.807) is 30.3 Å². The van der Waals surface area contributed by atoms with Crippen molar-refractivity contribution in [2.75, 3.05) is 12.4 Å². The van der Waals surface area contributed by atoms with Crippen molar-refractivity contribution in [3.05, 3.63) is 93.0 Å². The molecule has 3 aromatic carbocycles. The monoisotopic (exact) mass is 503 g/mol. The minimum absolute atomic E-state index is 0.0454. The number of ether oxygens (including phenoxy) is 1. The molecule has 1 atom stereocenters. The van der Waals surface area contributed by atoms with Gasteiger partial charge < -0.3 is 10.1 Å². The second kappa shape index (κ2) is 10.6. The van der Waals surface area contributed by atoms with Crippen molar-refractivity contribution >= 4 is 38.9 Å². The average molecular weight is 504 g/mol. The number of anilines is 1. The maximum absolute atomic E-state index is 13.2. The van der Waals surface area contributed by atoms with E-state index in [4.69, 9.17) is 16.3 Å². The molecule has 3 aromatic rings. The lowest BCUT2D eigenvalue weighted by atomic mass is 10.1. The second-order valence-electron chi connectivity index (χ2n) is 7.36. The van der Waals surface area contributed by atoms with Crippen LogP contribution < -0.4 is 14.8 Å². The number of rotatable bonds is 9. The molecule has 0 aliphatic carbocycles. The minimum atomic E-state index is -4.16. The molecule has 0 unspecified atom stereocenters. The molecule has 0 aliphatic rings. The van der Waals surface area contributed by atoms with Crippen LogP contribution in [0.3, 0.4) is 0 Å². The first-order chi connectivity index (χ1) is 16.1. The van der Waals surface area contributed by atoms with E-state index in [0.717, 1.165) is 0 Å². The van der Waals surface area contributed by atoms with Crippen LogP contribution in [0.4, 0.5) is 11.4 Å². The summed E-state index contributed by atoms with van der Waals surface area (Å²) in [6.45, 7) is 1.50. The highest BCUT2D eigenvalue weighted by atomic mass is 35.5. The molecule has 3 rings (SSSR count). The van der Waals surface area contributed by atoms with E-state index in [2.05, 4.69) is 10.0 Å². The van der Waals surface area contributed by atoms with Gasteiger partial charge in [-0.05, 0) is 43.2 Å². The molecular weight excluding hydrogens is 482 g/mol. The largest absolute Gasteiger partial charge is 0.495 e. The molecule has 2 N–H and O–H groups in total. The molecule has 0 saturated heterocycles. The van der Waals surface area contributed by atoms with Crippen molar-refractivity contribution < 1.29 is 22.9 Å². The lowest BCUT2D eigenvalue weighted by Gasteiger charge is -2.20. The zero-order valence-electron chi connectivity index (χ0n) is 18.3. The maximum Gasteiger partial charge on any atom is 0.274 e. The first-order valence-electron chi connectivity index (χ1n) is 10.1. The highest BCUT2D eigenvalue weighted by molar-refractivity contribution is 7.89. The van der Waals surface area contributed by atoms with Crippen LogP contribution in [0.1, 0.15) is 11.1 Å². The van der Waals surface area contributed by atoms with Crippen molar-refractivity contribution in [2.24, 2.45) is 0 Å². The third kappa shape index (κ3) is 5.90. The van der Waals surface area contributed by atoms with Crippen molar-refractivity contribution in [2.45, 2.75) is 24.3 Å². The van der Waals surface area contributed by atoms with Gasteiger partial charge in [-0.15, -0.1) is 0 Å². The van der Waals surface area contributed by atoms with Crippen LogP contribution in [0.25, 0.3) is 0 Å². The van der Waals surface area contributed by atoms with E-state index in [9.17, 15) is 23.3 Å². The van der Waals surface area contributed by atoms with Gasteiger partial charge in [0.05, 0.1) is 33.2 Å². The summed E-state index contributed by atoms with van der Waals surface area (Å²) in [6, 6.07) is 15.9. The number of carbonyl (C=O) groups excluding carboxylic acids is 1. The number of nitro groups is 1. The summed E-state index contributed by atoms with van der Waals surface area (Å²) in [5.41, 5.74) is 1.02. The highest BCUT2D eigenvalue weighted by Gasteiger charge is 2.28. The summed E-state index contributed by atoms with van der Waals surface area (Å²) in [5, 5.41) is 13.9. The van der Waals surface area contributed by atoms with Gasteiger partial charge in [0.2, 0.25) is 15.9 Å². The topological polar surface area (TPSA) is 128 Å². The molecule has 178 valence electrons. The van der Waals surface area contributed by atoms with Crippen LogP contribution in [0, 0.1) is 17.0 Å². The number of halogens is 1. The molecule has 0 radical (unpaired) electrons. The number of sulfonamides is 1. The Hall–Kier alpha value is -3.47. The lowest BCUT2D eigenvalue weighted by Crippen LogP contribution is -2.45. The molecule has 0 spiro atoms. The summed E-state index contributed by atoms with van der Waals surface area (Å²) in [6.07, 6.45) is 0.0454. The van der Waals surface area contributed by atoms with E-state index < -0.39 is 26.9 Å². The van der Waals surface area contributed by atoms with Gasteiger partial charge in [-0.25, -0.2) is 8.42 Å². The van der Waals surface area contributed by atoms with Gasteiger partial charge in [0.15, 0.2) is 0 Å². The molecule has 9 nitrogen and oxygen atoms in total. The fourth-order valence-corrected chi connectivity index (χ4v) is 4.83. The summed E-state index contributed by atoms with van der Waals surface area (Å²) >= 11 is 6.08. The Labute approximate surface area is 201 Å². The molecule has 11 heteroatoms. The summed E-state index contributed by atoms with van der Waals surface area (Å²) < 4.78 is 33.6. The van der Waals surface area contributed by atoms with E-state index in [1.165, 1.54) is 50.4 Å². The number of amides is 1. The van der Waals surface area contributed by atoms with Gasteiger partial charge in [-0.3, -0.25) is 14.9 Å². The van der Waals surface area contributed by atoms with Crippen LogP contribution >= 0.6 is 11.6 Å². The SMILES string of the molecule is COc1ccc(S(=O)(=O)N[C@@H](Cc2ccccc2)C(=O)Nc2cccc([N+](=O)[O-])c2C)cc1Cl. The van der Waals surface area contributed by atoms with E-state index in [-0.39, 0.29) is 33.3 Å². The Balaban J connectivity index is 1.92. The maximum atomic E-state index is 13.2. The first-order valence-corrected chi connectivity index (χ1v) is 11.9. The molecule has 0 bridgehead atoms. The predicted octanol–water partition coefficient (Wildman–Crippen LogP) is 4.09. The van der Waals surface area contributed by atoms with Crippen molar-refractivity contribution in [3.63, 3.8) is 0 Å². The number of carbonyl (C=O) groups is 1. The van der Waals surface area contributed by atoms with Crippen LogP contribution in [-0.2, 0) is 21.2 Å². The molecule has 34 heavy (non-hydrogen) atoms. The fourth-order valence-electron chi connectivity index (χ4n) is 3.28. The van der Waals surface area contributed by atoms with Gasteiger partial charge >= 0.3 is 0 Å². The number of methoxy groups -OCH3 is 1. The smallest absolute Gasteiger partial charge is 0.274 e. The standard InChI is InChI=1S/C23H22ClN3O6S/c1-15-19(9-6-10-21(15)27(29)30)25-23(28)20(13-16-7-4-3-5-8-16)26-34(31,32)17-11-12-22(33-2)18(24)14-17/h3-12,14,20,26H,13H2,1-2H3,(H,25,28)/t20-/m0/s1. The number of benzene rings is 3. The Morgan fingerprint density at radius 3 is 2.44 bits per heavy atom. The third-order valence-electron chi connectivity index (χ3n) is 5.09. The zero-order valence-corrected chi connectivity index (χ0v) is 19.9. The molecule has 1 amide bonds. The number of nitro benzene ring substituents is 1. The van der Waals surface area contributed by atoms with Gasteiger partial charge in [-0.1, -0.05) is 48.0 Å². The highest BCUT2D eigenvalue weighted by Crippen LogP contribution is 2.28. The van der Waals surface area contributed by atoms with Crippen molar-refractivity contribution in [1.29, 1.82) is 0 Å². The Morgan fingerprint density at radius 1 is 1.12 bits per heavy atom. The molecule has 0 heterocycles. The number of hydrogen-bond acceptors (Lipinski definition) is 6. The molecular formula is C23H22ClN3O6S. The second-order valence-corrected chi connectivity index (χ2v) is 9.48. The Kier molecular flexibility index (Phi) is 7.87. The summed E-state index contributed by atoms with van der Waals surface area (Å²) in [5.74, 6) is -0.365. The van der Waals surface area contributed by atoms with E-state index in [0.29, 0.717) is 11.3 Å². The molecule has 0 aromatic heterocycles. The molecule has 0 saturated carbocycles. The quantitative estimate of drug-likeness (QED) is 0.334. The van der Waals surface area contributed by atoms with Gasteiger partial charge in [0.1, 0.15) is 11.8 Å². The van der Waals surface area contributed by atoms with Crippen LogP contribution in [-0.4, -0.2) is 32.4 Å². The predicted molar refractivity (Wildman–Crippen MR) is 129 cm³/mol. The minimum Gasteiger partial charge on any atom is -0.495 e. The van der Waals surface area contributed by atoms with E-state index in [1.807, 2.05) is 0 Å².